The first-order chi connectivity index (χ1) is 10.8. The zero-order valence-electron chi connectivity index (χ0n) is 11.9. The van der Waals surface area contributed by atoms with E-state index in [1.807, 2.05) is 72.8 Å². The van der Waals surface area contributed by atoms with E-state index in [-0.39, 0.29) is 5.78 Å². The monoisotopic (exact) mass is 283 g/mol. The molecular formula is C20H13NO. The number of nitrogens with zero attached hydrogens (tertiary/aromatic N) is 1. The molecule has 0 fully saturated rings. The van der Waals surface area contributed by atoms with E-state index in [2.05, 4.69) is 4.98 Å². The Hall–Kier alpha value is -3.00. The summed E-state index contributed by atoms with van der Waals surface area (Å²) in [5.74, 6) is -0.0337. The lowest BCUT2D eigenvalue weighted by Crippen LogP contribution is -2.05. The summed E-state index contributed by atoms with van der Waals surface area (Å²) in [5, 5.41) is 3.95. The van der Waals surface area contributed by atoms with Crippen LogP contribution in [0.4, 0.5) is 0 Å². The van der Waals surface area contributed by atoms with E-state index in [0.29, 0.717) is 11.3 Å². The molecule has 0 aliphatic carbocycles. The van der Waals surface area contributed by atoms with Crippen molar-refractivity contribution in [2.75, 3.05) is 0 Å². The Morgan fingerprint density at radius 1 is 0.682 bits per heavy atom. The zero-order chi connectivity index (χ0) is 14.9. The van der Waals surface area contributed by atoms with Gasteiger partial charge in [-0.2, -0.15) is 0 Å². The SMILES string of the molecule is O=C(c1cccc2ccccc12)c1nccc2ccccc12. The topological polar surface area (TPSA) is 30.0 Å². The van der Waals surface area contributed by atoms with Gasteiger partial charge < -0.3 is 0 Å². The first-order valence-corrected chi connectivity index (χ1v) is 7.21. The molecule has 22 heavy (non-hydrogen) atoms. The molecule has 0 saturated heterocycles. The highest BCUT2D eigenvalue weighted by Gasteiger charge is 2.16. The number of pyridine rings is 1. The maximum Gasteiger partial charge on any atom is 0.212 e. The van der Waals surface area contributed by atoms with Gasteiger partial charge in [0.2, 0.25) is 5.78 Å². The molecular weight excluding hydrogens is 270 g/mol. The molecule has 1 heterocycles. The second-order valence-electron chi connectivity index (χ2n) is 5.24. The number of benzene rings is 3. The van der Waals surface area contributed by atoms with Crippen LogP contribution in [0, 0.1) is 0 Å². The Balaban J connectivity index is 1.97. The molecule has 4 rings (SSSR count). The molecule has 104 valence electrons. The van der Waals surface area contributed by atoms with E-state index in [0.717, 1.165) is 21.5 Å². The summed E-state index contributed by atoms with van der Waals surface area (Å²) in [5.41, 5.74) is 1.21. The molecule has 0 aliphatic heterocycles. The van der Waals surface area contributed by atoms with Crippen molar-refractivity contribution in [3.63, 3.8) is 0 Å². The van der Waals surface area contributed by atoms with Crippen LogP contribution in [-0.2, 0) is 0 Å². The Bertz CT molecular complexity index is 913. The van der Waals surface area contributed by atoms with Crippen LogP contribution in [0.3, 0.4) is 0 Å². The third-order valence-electron chi connectivity index (χ3n) is 3.92. The molecule has 0 aliphatic rings. The molecule has 3 aromatic carbocycles. The smallest absolute Gasteiger partial charge is 0.212 e. The van der Waals surface area contributed by atoms with E-state index in [4.69, 9.17) is 0 Å². The normalized spacial score (nSPS) is 10.9. The van der Waals surface area contributed by atoms with Crippen LogP contribution in [0.1, 0.15) is 16.1 Å². The van der Waals surface area contributed by atoms with Crippen LogP contribution < -0.4 is 0 Å². The van der Waals surface area contributed by atoms with Gasteiger partial charge in [-0.05, 0) is 22.2 Å². The Morgan fingerprint density at radius 3 is 2.14 bits per heavy atom. The maximum atomic E-state index is 13.0. The minimum atomic E-state index is -0.0337. The summed E-state index contributed by atoms with van der Waals surface area (Å²) in [7, 11) is 0. The van der Waals surface area contributed by atoms with E-state index in [1.54, 1.807) is 6.20 Å². The molecule has 0 amide bonds. The van der Waals surface area contributed by atoms with Crippen molar-refractivity contribution in [2.24, 2.45) is 0 Å². The highest BCUT2D eigenvalue weighted by molar-refractivity contribution is 6.20. The molecule has 0 saturated carbocycles. The van der Waals surface area contributed by atoms with E-state index in [9.17, 15) is 4.79 Å². The molecule has 0 unspecified atom stereocenters. The second-order valence-corrected chi connectivity index (χ2v) is 5.24. The summed E-state index contributed by atoms with van der Waals surface area (Å²) in [6.07, 6.45) is 1.70. The Morgan fingerprint density at radius 2 is 1.32 bits per heavy atom. The van der Waals surface area contributed by atoms with Gasteiger partial charge in [-0.1, -0.05) is 66.7 Å². The first kappa shape index (κ1) is 12.7. The average Bonchev–Trinajstić information content (AvgIpc) is 2.60. The molecule has 0 radical (unpaired) electrons. The summed E-state index contributed by atoms with van der Waals surface area (Å²) in [6, 6.07) is 23.5. The number of ketones is 1. The number of fused-ring (bicyclic) bond motifs is 2. The van der Waals surface area contributed by atoms with Crippen molar-refractivity contribution in [1.29, 1.82) is 0 Å². The van der Waals surface area contributed by atoms with Crippen molar-refractivity contribution in [2.45, 2.75) is 0 Å². The molecule has 2 nitrogen and oxygen atoms in total. The van der Waals surface area contributed by atoms with Crippen LogP contribution in [-0.4, -0.2) is 10.8 Å². The minimum absolute atomic E-state index is 0.0337. The van der Waals surface area contributed by atoms with Gasteiger partial charge in [0.25, 0.3) is 0 Å². The molecule has 2 heteroatoms. The van der Waals surface area contributed by atoms with Gasteiger partial charge in [0.05, 0.1) is 0 Å². The molecule has 0 spiro atoms. The quantitative estimate of drug-likeness (QED) is 0.502. The lowest BCUT2D eigenvalue weighted by molar-refractivity contribution is 0.103. The van der Waals surface area contributed by atoms with Gasteiger partial charge in [-0.15, -0.1) is 0 Å². The van der Waals surface area contributed by atoms with Crippen molar-refractivity contribution in [3.05, 3.63) is 90.3 Å². The van der Waals surface area contributed by atoms with Gasteiger partial charge in [0, 0.05) is 17.1 Å². The Labute approximate surface area is 128 Å². The third-order valence-corrected chi connectivity index (χ3v) is 3.92. The molecule has 0 N–H and O–H groups in total. The standard InChI is InChI=1S/C20H13NO/c22-20(18-11-5-8-14-6-1-3-9-16(14)18)19-17-10-4-2-7-15(17)12-13-21-19/h1-13H. The highest BCUT2D eigenvalue weighted by Crippen LogP contribution is 2.24. The first-order valence-electron chi connectivity index (χ1n) is 7.21. The third kappa shape index (κ3) is 1.97. The molecule has 0 atom stereocenters. The number of carbonyl (C=O) groups excluding carboxylic acids is 1. The van der Waals surface area contributed by atoms with Gasteiger partial charge in [0.1, 0.15) is 5.69 Å². The van der Waals surface area contributed by atoms with Crippen LogP contribution in [0.15, 0.2) is 79.0 Å². The maximum absolute atomic E-state index is 13.0. The second kappa shape index (κ2) is 5.08. The minimum Gasteiger partial charge on any atom is -0.287 e. The molecule has 0 bridgehead atoms. The average molecular weight is 283 g/mol. The fraction of sp³-hybridized carbons (Fsp3) is 0. The van der Waals surface area contributed by atoms with Crippen LogP contribution in [0.2, 0.25) is 0 Å². The van der Waals surface area contributed by atoms with Crippen molar-refractivity contribution < 1.29 is 4.79 Å². The zero-order valence-corrected chi connectivity index (χ0v) is 11.9. The van der Waals surface area contributed by atoms with E-state index in [1.165, 1.54) is 0 Å². The summed E-state index contributed by atoms with van der Waals surface area (Å²) >= 11 is 0. The fourth-order valence-corrected chi connectivity index (χ4v) is 2.85. The Kier molecular flexibility index (Phi) is 2.94. The predicted octanol–water partition coefficient (Wildman–Crippen LogP) is 4.62. The molecule has 4 aromatic rings. The predicted molar refractivity (Wildman–Crippen MR) is 89.1 cm³/mol. The van der Waals surface area contributed by atoms with Crippen molar-refractivity contribution >= 4 is 27.3 Å². The van der Waals surface area contributed by atoms with Crippen LogP contribution >= 0.6 is 0 Å². The van der Waals surface area contributed by atoms with Crippen molar-refractivity contribution in [3.8, 4) is 0 Å². The lowest BCUT2D eigenvalue weighted by atomic mass is 9.97. The van der Waals surface area contributed by atoms with Gasteiger partial charge in [-0.25, -0.2) is 0 Å². The largest absolute Gasteiger partial charge is 0.287 e. The number of aromatic nitrogens is 1. The van der Waals surface area contributed by atoms with Gasteiger partial charge in [0.15, 0.2) is 0 Å². The van der Waals surface area contributed by atoms with Gasteiger partial charge in [-0.3, -0.25) is 9.78 Å². The number of hydrogen-bond donors (Lipinski definition) is 0. The number of hydrogen-bond acceptors (Lipinski definition) is 2. The van der Waals surface area contributed by atoms with Crippen molar-refractivity contribution in [1.82, 2.24) is 4.98 Å². The fourth-order valence-electron chi connectivity index (χ4n) is 2.85. The summed E-state index contributed by atoms with van der Waals surface area (Å²) in [6.45, 7) is 0. The van der Waals surface area contributed by atoms with Crippen LogP contribution in [0.25, 0.3) is 21.5 Å². The van der Waals surface area contributed by atoms with E-state index < -0.39 is 0 Å². The van der Waals surface area contributed by atoms with Crippen LogP contribution in [0.5, 0.6) is 0 Å². The summed E-state index contributed by atoms with van der Waals surface area (Å²) < 4.78 is 0. The number of carbonyl (C=O) groups is 1. The van der Waals surface area contributed by atoms with Gasteiger partial charge >= 0.3 is 0 Å². The molecule has 1 aromatic heterocycles. The lowest BCUT2D eigenvalue weighted by Gasteiger charge is -2.07. The highest BCUT2D eigenvalue weighted by atomic mass is 16.1. The number of rotatable bonds is 2. The summed E-state index contributed by atoms with van der Waals surface area (Å²) in [4.78, 5) is 17.4. The van der Waals surface area contributed by atoms with E-state index >= 15 is 0 Å².